The molecule has 0 aliphatic rings. The highest BCUT2D eigenvalue weighted by Gasteiger charge is 2.07. The third-order valence-corrected chi connectivity index (χ3v) is 2.71. The van der Waals surface area contributed by atoms with Crippen LogP contribution in [-0.2, 0) is 6.42 Å². The predicted octanol–water partition coefficient (Wildman–Crippen LogP) is 2.08. The number of H-pyrrole nitrogens is 1. The van der Waals surface area contributed by atoms with Crippen LogP contribution in [0.25, 0.3) is 0 Å². The maximum Gasteiger partial charge on any atom is 0.271 e. The van der Waals surface area contributed by atoms with Gasteiger partial charge in [0.15, 0.2) is 0 Å². The molecule has 0 fully saturated rings. The van der Waals surface area contributed by atoms with Crippen molar-refractivity contribution in [3.8, 4) is 0 Å². The standard InChI is InChI=1S/C14H17N3O/c1-11-10-13(17-16-11)14(18)15-9-5-8-12-6-3-2-4-7-12/h2-4,6-7,10H,5,8-9H2,1H3,(H,15,18)(H,16,17). The second kappa shape index (κ2) is 6.00. The van der Waals surface area contributed by atoms with Gasteiger partial charge in [0.1, 0.15) is 5.69 Å². The quantitative estimate of drug-likeness (QED) is 0.790. The summed E-state index contributed by atoms with van der Waals surface area (Å²) in [6.07, 6.45) is 1.90. The Labute approximate surface area is 106 Å². The molecule has 0 unspecified atom stereocenters. The summed E-state index contributed by atoms with van der Waals surface area (Å²) in [5.41, 5.74) is 2.64. The molecule has 94 valence electrons. The van der Waals surface area contributed by atoms with Crippen LogP contribution in [0.15, 0.2) is 36.4 Å². The molecule has 0 saturated heterocycles. The first-order valence-corrected chi connectivity index (χ1v) is 6.10. The van der Waals surface area contributed by atoms with Gasteiger partial charge in [0.05, 0.1) is 0 Å². The minimum absolute atomic E-state index is 0.118. The van der Waals surface area contributed by atoms with E-state index in [4.69, 9.17) is 0 Å². The van der Waals surface area contributed by atoms with Gasteiger partial charge in [-0.05, 0) is 31.4 Å². The first-order valence-electron chi connectivity index (χ1n) is 6.10. The van der Waals surface area contributed by atoms with E-state index in [0.717, 1.165) is 18.5 Å². The zero-order valence-electron chi connectivity index (χ0n) is 10.4. The molecule has 0 radical (unpaired) electrons. The number of hydrogen-bond acceptors (Lipinski definition) is 2. The Morgan fingerprint density at radius 1 is 1.33 bits per heavy atom. The number of aromatic nitrogens is 2. The predicted molar refractivity (Wildman–Crippen MR) is 70.4 cm³/mol. The zero-order valence-corrected chi connectivity index (χ0v) is 10.4. The largest absolute Gasteiger partial charge is 0.351 e. The van der Waals surface area contributed by atoms with Crippen LogP contribution in [0.1, 0.15) is 28.2 Å². The maximum atomic E-state index is 11.7. The van der Waals surface area contributed by atoms with Crippen molar-refractivity contribution < 1.29 is 4.79 Å². The second-order valence-electron chi connectivity index (χ2n) is 4.28. The molecule has 0 atom stereocenters. The van der Waals surface area contributed by atoms with Crippen molar-refractivity contribution in [1.29, 1.82) is 0 Å². The van der Waals surface area contributed by atoms with Gasteiger partial charge in [-0.1, -0.05) is 30.3 Å². The Bertz CT molecular complexity index is 505. The normalized spacial score (nSPS) is 10.3. The van der Waals surface area contributed by atoms with Crippen LogP contribution in [0.3, 0.4) is 0 Å². The van der Waals surface area contributed by atoms with Crippen molar-refractivity contribution in [3.63, 3.8) is 0 Å². The molecule has 2 rings (SSSR count). The van der Waals surface area contributed by atoms with Gasteiger partial charge in [-0.15, -0.1) is 0 Å². The van der Waals surface area contributed by atoms with Crippen molar-refractivity contribution in [2.45, 2.75) is 19.8 Å². The van der Waals surface area contributed by atoms with Crippen molar-refractivity contribution in [1.82, 2.24) is 15.5 Å². The van der Waals surface area contributed by atoms with Gasteiger partial charge in [-0.2, -0.15) is 5.10 Å². The average molecular weight is 243 g/mol. The zero-order chi connectivity index (χ0) is 12.8. The number of carbonyl (C=O) groups excluding carboxylic acids is 1. The fourth-order valence-electron chi connectivity index (χ4n) is 1.76. The van der Waals surface area contributed by atoms with Crippen LogP contribution < -0.4 is 5.32 Å². The molecule has 0 spiro atoms. The van der Waals surface area contributed by atoms with Crippen LogP contribution in [0.2, 0.25) is 0 Å². The van der Waals surface area contributed by atoms with E-state index in [0.29, 0.717) is 12.2 Å². The highest BCUT2D eigenvalue weighted by Crippen LogP contribution is 2.02. The van der Waals surface area contributed by atoms with Crippen LogP contribution in [0.5, 0.6) is 0 Å². The fourth-order valence-corrected chi connectivity index (χ4v) is 1.76. The number of carbonyl (C=O) groups is 1. The van der Waals surface area contributed by atoms with E-state index in [1.165, 1.54) is 5.56 Å². The van der Waals surface area contributed by atoms with Crippen LogP contribution >= 0.6 is 0 Å². The third-order valence-electron chi connectivity index (χ3n) is 2.71. The van der Waals surface area contributed by atoms with Gasteiger partial charge in [-0.25, -0.2) is 0 Å². The van der Waals surface area contributed by atoms with Gasteiger partial charge in [-0.3, -0.25) is 9.89 Å². The molecule has 0 aliphatic carbocycles. The molecule has 2 aromatic rings. The first kappa shape index (κ1) is 12.4. The number of hydrogen-bond donors (Lipinski definition) is 2. The minimum atomic E-state index is -0.118. The van der Waals surface area contributed by atoms with Gasteiger partial charge in [0.2, 0.25) is 0 Å². The number of aryl methyl sites for hydroxylation is 2. The average Bonchev–Trinajstić information content (AvgIpc) is 2.82. The topological polar surface area (TPSA) is 57.8 Å². The number of aromatic amines is 1. The highest BCUT2D eigenvalue weighted by atomic mass is 16.1. The van der Waals surface area contributed by atoms with E-state index in [1.54, 1.807) is 6.07 Å². The molecule has 1 heterocycles. The lowest BCUT2D eigenvalue weighted by molar-refractivity contribution is 0.0948. The van der Waals surface area contributed by atoms with E-state index in [-0.39, 0.29) is 5.91 Å². The smallest absolute Gasteiger partial charge is 0.271 e. The summed E-state index contributed by atoms with van der Waals surface area (Å²) in [7, 11) is 0. The maximum absolute atomic E-state index is 11.7. The molecule has 18 heavy (non-hydrogen) atoms. The van der Waals surface area contributed by atoms with Crippen LogP contribution in [0.4, 0.5) is 0 Å². The number of nitrogens with zero attached hydrogens (tertiary/aromatic N) is 1. The van der Waals surface area contributed by atoms with E-state index in [9.17, 15) is 4.79 Å². The van der Waals surface area contributed by atoms with Crippen molar-refractivity contribution in [2.75, 3.05) is 6.54 Å². The molecule has 0 aliphatic heterocycles. The van der Waals surface area contributed by atoms with E-state index < -0.39 is 0 Å². The Morgan fingerprint density at radius 3 is 2.78 bits per heavy atom. The molecular weight excluding hydrogens is 226 g/mol. The SMILES string of the molecule is Cc1cc(C(=O)NCCCc2ccccc2)n[nH]1. The summed E-state index contributed by atoms with van der Waals surface area (Å²) in [5.74, 6) is -0.118. The summed E-state index contributed by atoms with van der Waals surface area (Å²) in [6.45, 7) is 2.54. The van der Waals surface area contributed by atoms with Crippen LogP contribution in [0, 0.1) is 6.92 Å². The van der Waals surface area contributed by atoms with E-state index in [1.807, 2.05) is 25.1 Å². The van der Waals surface area contributed by atoms with Gasteiger partial charge < -0.3 is 5.32 Å². The second-order valence-corrected chi connectivity index (χ2v) is 4.28. The Kier molecular flexibility index (Phi) is 4.12. The number of benzene rings is 1. The monoisotopic (exact) mass is 243 g/mol. The molecular formula is C14H17N3O. The van der Waals surface area contributed by atoms with Crippen LogP contribution in [-0.4, -0.2) is 22.6 Å². The lowest BCUT2D eigenvalue weighted by Gasteiger charge is -2.03. The Morgan fingerprint density at radius 2 is 2.11 bits per heavy atom. The summed E-state index contributed by atoms with van der Waals surface area (Å²) in [5, 5.41) is 9.53. The van der Waals surface area contributed by atoms with Crippen molar-refractivity contribution >= 4 is 5.91 Å². The Balaban J connectivity index is 1.71. The van der Waals surface area contributed by atoms with E-state index >= 15 is 0 Å². The molecule has 1 amide bonds. The summed E-state index contributed by atoms with van der Waals surface area (Å²) >= 11 is 0. The van der Waals surface area contributed by atoms with E-state index in [2.05, 4.69) is 27.6 Å². The molecule has 1 aromatic heterocycles. The summed E-state index contributed by atoms with van der Waals surface area (Å²) in [6, 6.07) is 12.0. The van der Waals surface area contributed by atoms with Crippen molar-refractivity contribution in [2.24, 2.45) is 0 Å². The highest BCUT2D eigenvalue weighted by molar-refractivity contribution is 5.92. The first-order chi connectivity index (χ1) is 8.75. The summed E-state index contributed by atoms with van der Waals surface area (Å²) < 4.78 is 0. The third kappa shape index (κ3) is 3.45. The molecule has 2 N–H and O–H groups in total. The molecule has 4 heteroatoms. The number of rotatable bonds is 5. The fraction of sp³-hybridized carbons (Fsp3) is 0.286. The summed E-state index contributed by atoms with van der Waals surface area (Å²) in [4.78, 5) is 11.7. The van der Waals surface area contributed by atoms with Gasteiger partial charge in [0, 0.05) is 12.2 Å². The lowest BCUT2D eigenvalue weighted by Crippen LogP contribution is -2.25. The Hall–Kier alpha value is -2.10. The number of amides is 1. The van der Waals surface area contributed by atoms with Gasteiger partial charge in [0.25, 0.3) is 5.91 Å². The van der Waals surface area contributed by atoms with Gasteiger partial charge >= 0.3 is 0 Å². The number of nitrogens with one attached hydrogen (secondary N) is 2. The molecule has 1 aromatic carbocycles. The molecule has 0 bridgehead atoms. The lowest BCUT2D eigenvalue weighted by atomic mass is 10.1. The molecule has 0 saturated carbocycles. The van der Waals surface area contributed by atoms with Crippen molar-refractivity contribution in [3.05, 3.63) is 53.3 Å². The molecule has 4 nitrogen and oxygen atoms in total. The minimum Gasteiger partial charge on any atom is -0.351 e.